The van der Waals surface area contributed by atoms with Gasteiger partial charge in [0, 0.05) is 13.0 Å². The number of para-hydroxylation sites is 2. The molecule has 0 bridgehead atoms. The highest BCUT2D eigenvalue weighted by Gasteiger charge is 2.31. The van der Waals surface area contributed by atoms with Crippen molar-refractivity contribution in [3.63, 3.8) is 0 Å². The number of nitrogens with zero attached hydrogens (tertiary/aromatic N) is 1. The number of hydrogen-bond donors (Lipinski definition) is 2. The molecule has 0 spiro atoms. The van der Waals surface area contributed by atoms with Gasteiger partial charge in [0.15, 0.2) is 12.2 Å². The number of amides is 3. The number of carbonyl (C=O) groups is 3. The molecule has 1 aliphatic rings. The minimum absolute atomic E-state index is 0.0132. The molecule has 0 aliphatic carbocycles. The summed E-state index contributed by atoms with van der Waals surface area (Å²) < 4.78 is 11.3. The number of carbonyl (C=O) groups excluding carboxylic acids is 3. The van der Waals surface area contributed by atoms with Crippen LogP contribution in [-0.2, 0) is 14.4 Å². The van der Waals surface area contributed by atoms with Gasteiger partial charge in [0.2, 0.25) is 5.91 Å². The second kappa shape index (κ2) is 9.51. The molecule has 164 valence electrons. The minimum Gasteiger partial charge on any atom is -0.481 e. The molecular formula is C23H27N3O5. The average molecular weight is 425 g/mol. The number of fused-ring (bicyclic) bond motifs is 1. The molecule has 0 saturated carbocycles. The van der Waals surface area contributed by atoms with Crippen LogP contribution in [0, 0.1) is 13.8 Å². The number of rotatable bonds is 6. The molecule has 0 fully saturated rings. The fraction of sp³-hybridized carbons (Fsp3) is 0.348. The SMILES string of the molecule is Cc1cccc(OC(C)C(=O)NNC(=O)CCN2C(=O)C(C)Oc3ccccc32)c1C. The van der Waals surface area contributed by atoms with Gasteiger partial charge in [-0.05, 0) is 57.0 Å². The molecule has 2 aromatic rings. The van der Waals surface area contributed by atoms with E-state index in [9.17, 15) is 14.4 Å². The Bertz CT molecular complexity index is 991. The van der Waals surface area contributed by atoms with E-state index in [1.165, 1.54) is 4.90 Å². The summed E-state index contributed by atoms with van der Waals surface area (Å²) in [7, 11) is 0. The standard InChI is InChI=1S/C23H27N3O5/c1-14-8-7-11-19(15(14)2)30-16(3)22(28)25-24-21(27)12-13-26-18-9-5-6-10-20(18)31-17(4)23(26)29/h5-11,16-17H,12-13H2,1-4H3,(H,24,27)(H,25,28). The van der Waals surface area contributed by atoms with E-state index in [1.807, 2.05) is 32.0 Å². The van der Waals surface area contributed by atoms with Gasteiger partial charge in [0.25, 0.3) is 11.8 Å². The van der Waals surface area contributed by atoms with Crippen LogP contribution in [0.25, 0.3) is 0 Å². The molecule has 8 heteroatoms. The Morgan fingerprint density at radius 3 is 2.65 bits per heavy atom. The van der Waals surface area contributed by atoms with E-state index in [4.69, 9.17) is 9.47 Å². The van der Waals surface area contributed by atoms with Crippen molar-refractivity contribution in [3.8, 4) is 11.5 Å². The number of hydrazine groups is 1. The number of benzene rings is 2. The van der Waals surface area contributed by atoms with Crippen LogP contribution in [0.3, 0.4) is 0 Å². The predicted octanol–water partition coefficient (Wildman–Crippen LogP) is 2.42. The molecule has 3 rings (SSSR count). The molecule has 0 radical (unpaired) electrons. The Kier molecular flexibility index (Phi) is 6.79. The number of aryl methyl sites for hydroxylation is 1. The maximum Gasteiger partial charge on any atom is 0.279 e. The van der Waals surface area contributed by atoms with Crippen molar-refractivity contribution in [2.24, 2.45) is 0 Å². The molecule has 0 saturated heterocycles. The van der Waals surface area contributed by atoms with E-state index < -0.39 is 24.0 Å². The Labute approximate surface area is 181 Å². The van der Waals surface area contributed by atoms with Crippen LogP contribution in [0.5, 0.6) is 11.5 Å². The summed E-state index contributed by atoms with van der Waals surface area (Å²) in [6, 6.07) is 12.8. The maximum atomic E-state index is 12.5. The lowest BCUT2D eigenvalue weighted by molar-refractivity contribution is -0.132. The van der Waals surface area contributed by atoms with Gasteiger partial charge in [0.05, 0.1) is 5.69 Å². The third-order valence-electron chi connectivity index (χ3n) is 5.19. The molecule has 31 heavy (non-hydrogen) atoms. The lowest BCUT2D eigenvalue weighted by Crippen LogP contribution is -2.49. The molecule has 2 aromatic carbocycles. The van der Waals surface area contributed by atoms with E-state index in [0.29, 0.717) is 17.2 Å². The quantitative estimate of drug-likeness (QED) is 0.693. The highest BCUT2D eigenvalue weighted by molar-refractivity contribution is 6.00. The molecule has 8 nitrogen and oxygen atoms in total. The van der Waals surface area contributed by atoms with Crippen molar-refractivity contribution >= 4 is 23.4 Å². The van der Waals surface area contributed by atoms with Crippen LogP contribution in [0.4, 0.5) is 5.69 Å². The van der Waals surface area contributed by atoms with Gasteiger partial charge in [-0.25, -0.2) is 0 Å². The summed E-state index contributed by atoms with van der Waals surface area (Å²) >= 11 is 0. The first kappa shape index (κ1) is 22.1. The number of ether oxygens (including phenoxy) is 2. The van der Waals surface area contributed by atoms with Crippen molar-refractivity contribution in [1.29, 1.82) is 0 Å². The van der Waals surface area contributed by atoms with Crippen LogP contribution in [0.2, 0.25) is 0 Å². The van der Waals surface area contributed by atoms with Gasteiger partial charge in [-0.1, -0.05) is 24.3 Å². The smallest absolute Gasteiger partial charge is 0.279 e. The fourth-order valence-corrected chi connectivity index (χ4v) is 3.19. The first-order valence-corrected chi connectivity index (χ1v) is 10.2. The normalized spacial score (nSPS) is 16.1. The van der Waals surface area contributed by atoms with Crippen molar-refractivity contribution in [3.05, 3.63) is 53.6 Å². The Hall–Kier alpha value is -3.55. The zero-order chi connectivity index (χ0) is 22.5. The third kappa shape index (κ3) is 5.14. The Morgan fingerprint density at radius 2 is 1.87 bits per heavy atom. The van der Waals surface area contributed by atoms with Crippen molar-refractivity contribution in [2.45, 2.75) is 46.3 Å². The lowest BCUT2D eigenvalue weighted by Gasteiger charge is -2.32. The highest BCUT2D eigenvalue weighted by atomic mass is 16.5. The van der Waals surface area contributed by atoms with Crippen LogP contribution >= 0.6 is 0 Å². The lowest BCUT2D eigenvalue weighted by atomic mass is 10.1. The van der Waals surface area contributed by atoms with Crippen LogP contribution in [0.1, 0.15) is 31.4 Å². The maximum absolute atomic E-state index is 12.5. The van der Waals surface area contributed by atoms with Gasteiger partial charge in [-0.3, -0.25) is 25.2 Å². The van der Waals surface area contributed by atoms with E-state index in [0.717, 1.165) is 11.1 Å². The number of hydrogen-bond acceptors (Lipinski definition) is 5. The van der Waals surface area contributed by atoms with Crippen LogP contribution in [-0.4, -0.2) is 36.5 Å². The van der Waals surface area contributed by atoms with Gasteiger partial charge in [-0.15, -0.1) is 0 Å². The number of anilines is 1. The summed E-state index contributed by atoms with van der Waals surface area (Å²) in [4.78, 5) is 38.5. The van der Waals surface area contributed by atoms with Crippen molar-refractivity contribution in [2.75, 3.05) is 11.4 Å². The molecule has 3 amide bonds. The van der Waals surface area contributed by atoms with E-state index in [1.54, 1.807) is 38.1 Å². The molecule has 0 aromatic heterocycles. The largest absolute Gasteiger partial charge is 0.481 e. The zero-order valence-electron chi connectivity index (χ0n) is 18.1. The summed E-state index contributed by atoms with van der Waals surface area (Å²) in [5.41, 5.74) is 7.39. The topological polar surface area (TPSA) is 97.0 Å². The Balaban J connectivity index is 1.50. The molecule has 1 aliphatic heterocycles. The summed E-state index contributed by atoms with van der Waals surface area (Å²) in [5, 5.41) is 0. The first-order valence-electron chi connectivity index (χ1n) is 10.2. The molecule has 2 atom stereocenters. The minimum atomic E-state index is -0.797. The van der Waals surface area contributed by atoms with Gasteiger partial charge < -0.3 is 14.4 Å². The highest BCUT2D eigenvalue weighted by Crippen LogP contribution is 2.33. The zero-order valence-corrected chi connectivity index (χ0v) is 18.1. The summed E-state index contributed by atoms with van der Waals surface area (Å²) in [6.45, 7) is 7.32. The summed E-state index contributed by atoms with van der Waals surface area (Å²) in [5.74, 6) is 0.104. The van der Waals surface area contributed by atoms with Gasteiger partial charge in [-0.2, -0.15) is 0 Å². The fourth-order valence-electron chi connectivity index (χ4n) is 3.19. The van der Waals surface area contributed by atoms with Crippen molar-refractivity contribution in [1.82, 2.24) is 10.9 Å². The number of nitrogens with one attached hydrogen (secondary N) is 2. The first-order chi connectivity index (χ1) is 14.8. The molecule has 2 N–H and O–H groups in total. The monoisotopic (exact) mass is 425 g/mol. The summed E-state index contributed by atoms with van der Waals surface area (Å²) in [6.07, 6.45) is -1.41. The second-order valence-corrected chi connectivity index (χ2v) is 7.46. The second-order valence-electron chi connectivity index (χ2n) is 7.46. The third-order valence-corrected chi connectivity index (χ3v) is 5.19. The molecule has 2 unspecified atom stereocenters. The van der Waals surface area contributed by atoms with Crippen LogP contribution in [0.15, 0.2) is 42.5 Å². The predicted molar refractivity (Wildman–Crippen MR) is 116 cm³/mol. The van der Waals surface area contributed by atoms with E-state index in [2.05, 4.69) is 10.9 Å². The van der Waals surface area contributed by atoms with Crippen molar-refractivity contribution < 1.29 is 23.9 Å². The van der Waals surface area contributed by atoms with Crippen LogP contribution < -0.4 is 25.2 Å². The van der Waals surface area contributed by atoms with Gasteiger partial charge in [0.1, 0.15) is 11.5 Å². The average Bonchev–Trinajstić information content (AvgIpc) is 2.75. The van der Waals surface area contributed by atoms with E-state index in [-0.39, 0.29) is 18.9 Å². The van der Waals surface area contributed by atoms with Gasteiger partial charge >= 0.3 is 0 Å². The van der Waals surface area contributed by atoms with E-state index >= 15 is 0 Å². The molecule has 1 heterocycles. The molecular weight excluding hydrogens is 398 g/mol. The Morgan fingerprint density at radius 1 is 1.13 bits per heavy atom.